The molecule has 0 spiro atoms. The SMILES string of the molecule is CCO[Si](CC)OCC. The predicted molar refractivity (Wildman–Crippen MR) is 39.5 cm³/mol. The second kappa shape index (κ2) is 6.26. The molecule has 0 aliphatic carbocycles. The Morgan fingerprint density at radius 2 is 1.44 bits per heavy atom. The molecule has 0 unspecified atom stereocenters. The van der Waals surface area contributed by atoms with Gasteiger partial charge in [0.2, 0.25) is 0 Å². The molecule has 0 bridgehead atoms. The summed E-state index contributed by atoms with van der Waals surface area (Å²) in [7, 11) is -0.886. The van der Waals surface area contributed by atoms with E-state index >= 15 is 0 Å². The zero-order valence-corrected chi connectivity index (χ0v) is 7.44. The van der Waals surface area contributed by atoms with Gasteiger partial charge in [0.25, 0.3) is 0 Å². The van der Waals surface area contributed by atoms with Crippen molar-refractivity contribution in [1.29, 1.82) is 0 Å². The molecule has 0 heterocycles. The topological polar surface area (TPSA) is 18.5 Å². The maximum absolute atomic E-state index is 5.31. The summed E-state index contributed by atoms with van der Waals surface area (Å²) < 4.78 is 10.6. The fraction of sp³-hybridized carbons (Fsp3) is 1.00. The summed E-state index contributed by atoms with van der Waals surface area (Å²) in [5.41, 5.74) is 0. The Labute approximate surface area is 59.0 Å². The lowest BCUT2D eigenvalue weighted by atomic mass is 10.9. The second-order valence-electron chi connectivity index (χ2n) is 1.59. The first-order chi connectivity index (χ1) is 4.35. The summed E-state index contributed by atoms with van der Waals surface area (Å²) in [5.74, 6) is 0. The van der Waals surface area contributed by atoms with Gasteiger partial charge in [-0.25, -0.2) is 0 Å². The van der Waals surface area contributed by atoms with Crippen LogP contribution in [0.15, 0.2) is 0 Å². The van der Waals surface area contributed by atoms with Gasteiger partial charge < -0.3 is 8.85 Å². The number of hydrogen-bond acceptors (Lipinski definition) is 2. The minimum Gasteiger partial charge on any atom is -0.394 e. The monoisotopic (exact) mass is 147 g/mol. The van der Waals surface area contributed by atoms with Crippen LogP contribution < -0.4 is 0 Å². The van der Waals surface area contributed by atoms with Crippen molar-refractivity contribution in [2.24, 2.45) is 0 Å². The van der Waals surface area contributed by atoms with Crippen LogP contribution in [-0.4, -0.2) is 22.5 Å². The molecule has 0 saturated heterocycles. The zero-order valence-electron chi connectivity index (χ0n) is 6.44. The normalized spacial score (nSPS) is 10.7. The lowest BCUT2D eigenvalue weighted by Gasteiger charge is -2.09. The van der Waals surface area contributed by atoms with E-state index in [0.717, 1.165) is 19.3 Å². The molecular formula is C6H15O2Si. The Hall–Kier alpha value is 0.137. The third kappa shape index (κ3) is 4.63. The van der Waals surface area contributed by atoms with Crippen LogP contribution in [0.2, 0.25) is 6.04 Å². The first kappa shape index (κ1) is 9.14. The van der Waals surface area contributed by atoms with E-state index in [1.165, 1.54) is 0 Å². The van der Waals surface area contributed by atoms with Crippen molar-refractivity contribution < 1.29 is 8.85 Å². The van der Waals surface area contributed by atoms with E-state index in [1.54, 1.807) is 0 Å². The Morgan fingerprint density at radius 3 is 1.67 bits per heavy atom. The largest absolute Gasteiger partial charge is 0.394 e. The van der Waals surface area contributed by atoms with Crippen LogP contribution in [0, 0.1) is 0 Å². The first-order valence-electron chi connectivity index (χ1n) is 3.46. The molecule has 0 aliphatic heterocycles. The summed E-state index contributed by atoms with van der Waals surface area (Å²) in [6.07, 6.45) is 0. The average molecular weight is 147 g/mol. The summed E-state index contributed by atoms with van der Waals surface area (Å²) in [5, 5.41) is 0. The molecule has 0 fully saturated rings. The predicted octanol–water partition coefficient (Wildman–Crippen LogP) is 1.57. The van der Waals surface area contributed by atoms with Crippen LogP contribution in [-0.2, 0) is 8.85 Å². The average Bonchev–Trinajstić information content (AvgIpc) is 1.88. The lowest BCUT2D eigenvalue weighted by Crippen LogP contribution is -2.21. The molecule has 0 aromatic rings. The number of hydrogen-bond donors (Lipinski definition) is 0. The highest BCUT2D eigenvalue weighted by Gasteiger charge is 2.09. The van der Waals surface area contributed by atoms with E-state index in [0.29, 0.717) is 0 Å². The Balaban J connectivity index is 3.18. The highest BCUT2D eigenvalue weighted by atomic mass is 28.3. The molecule has 0 rings (SSSR count). The van der Waals surface area contributed by atoms with Crippen LogP contribution >= 0.6 is 0 Å². The van der Waals surface area contributed by atoms with Gasteiger partial charge in [-0.3, -0.25) is 0 Å². The fourth-order valence-corrected chi connectivity index (χ4v) is 1.70. The molecule has 55 valence electrons. The van der Waals surface area contributed by atoms with E-state index in [2.05, 4.69) is 6.92 Å². The smallest absolute Gasteiger partial charge is 0.384 e. The summed E-state index contributed by atoms with van der Waals surface area (Å²) in [6, 6.07) is 1.03. The maximum Gasteiger partial charge on any atom is 0.384 e. The molecule has 1 radical (unpaired) electrons. The van der Waals surface area contributed by atoms with Gasteiger partial charge >= 0.3 is 9.28 Å². The molecule has 0 aromatic carbocycles. The van der Waals surface area contributed by atoms with Gasteiger partial charge in [0.15, 0.2) is 0 Å². The molecule has 0 saturated carbocycles. The van der Waals surface area contributed by atoms with Gasteiger partial charge in [-0.2, -0.15) is 0 Å². The summed E-state index contributed by atoms with van der Waals surface area (Å²) in [4.78, 5) is 0. The molecule has 3 heteroatoms. The van der Waals surface area contributed by atoms with Gasteiger partial charge in [-0.15, -0.1) is 0 Å². The van der Waals surface area contributed by atoms with Crippen molar-refractivity contribution in [2.75, 3.05) is 13.2 Å². The third-order valence-corrected chi connectivity index (χ3v) is 2.70. The van der Waals surface area contributed by atoms with Crippen LogP contribution in [0.3, 0.4) is 0 Å². The third-order valence-electron chi connectivity index (χ3n) is 0.899. The van der Waals surface area contributed by atoms with Crippen molar-refractivity contribution in [3.8, 4) is 0 Å². The van der Waals surface area contributed by atoms with Gasteiger partial charge in [0.05, 0.1) is 0 Å². The van der Waals surface area contributed by atoms with Gasteiger partial charge in [0, 0.05) is 13.2 Å². The standard InChI is InChI=1S/C6H15O2Si/c1-4-7-9(6-3)8-5-2/h4-6H2,1-3H3. The summed E-state index contributed by atoms with van der Waals surface area (Å²) in [6.45, 7) is 7.66. The van der Waals surface area contributed by atoms with Crippen LogP contribution in [0.5, 0.6) is 0 Å². The molecule has 0 aliphatic rings. The van der Waals surface area contributed by atoms with E-state index in [1.807, 2.05) is 13.8 Å². The minimum atomic E-state index is -0.886. The minimum absolute atomic E-state index is 0.780. The van der Waals surface area contributed by atoms with Gasteiger partial charge in [0.1, 0.15) is 0 Å². The second-order valence-corrected chi connectivity index (χ2v) is 3.62. The maximum atomic E-state index is 5.31. The first-order valence-corrected chi connectivity index (χ1v) is 4.98. The van der Waals surface area contributed by atoms with Crippen molar-refractivity contribution in [1.82, 2.24) is 0 Å². The van der Waals surface area contributed by atoms with Crippen LogP contribution in [0.25, 0.3) is 0 Å². The van der Waals surface area contributed by atoms with E-state index in [-0.39, 0.29) is 0 Å². The highest BCUT2D eigenvalue weighted by molar-refractivity contribution is 6.44. The molecule has 2 nitrogen and oxygen atoms in total. The van der Waals surface area contributed by atoms with Crippen molar-refractivity contribution in [3.63, 3.8) is 0 Å². The van der Waals surface area contributed by atoms with Crippen LogP contribution in [0.4, 0.5) is 0 Å². The van der Waals surface area contributed by atoms with Crippen LogP contribution in [0.1, 0.15) is 20.8 Å². The summed E-state index contributed by atoms with van der Waals surface area (Å²) >= 11 is 0. The lowest BCUT2D eigenvalue weighted by molar-refractivity contribution is 0.214. The van der Waals surface area contributed by atoms with Gasteiger partial charge in [-0.05, 0) is 19.9 Å². The molecule has 9 heavy (non-hydrogen) atoms. The van der Waals surface area contributed by atoms with Gasteiger partial charge in [-0.1, -0.05) is 6.92 Å². The molecule has 0 amide bonds. The molecule has 0 atom stereocenters. The Kier molecular flexibility index (Phi) is 6.35. The number of rotatable bonds is 5. The van der Waals surface area contributed by atoms with E-state index < -0.39 is 9.28 Å². The Morgan fingerprint density at radius 1 is 1.00 bits per heavy atom. The molecule has 0 aromatic heterocycles. The highest BCUT2D eigenvalue weighted by Crippen LogP contribution is 1.94. The quantitative estimate of drug-likeness (QED) is 0.549. The molecule has 0 N–H and O–H groups in total. The molecular weight excluding hydrogens is 132 g/mol. The van der Waals surface area contributed by atoms with Crippen molar-refractivity contribution >= 4 is 9.28 Å². The van der Waals surface area contributed by atoms with Crippen molar-refractivity contribution in [2.45, 2.75) is 26.8 Å². The zero-order chi connectivity index (χ0) is 7.11. The van der Waals surface area contributed by atoms with E-state index in [4.69, 9.17) is 8.85 Å². The van der Waals surface area contributed by atoms with E-state index in [9.17, 15) is 0 Å². The van der Waals surface area contributed by atoms with Crippen molar-refractivity contribution in [3.05, 3.63) is 0 Å². The Bertz CT molecular complexity index is 53.0. The fourth-order valence-electron chi connectivity index (χ4n) is 0.568.